The van der Waals surface area contributed by atoms with Crippen LogP contribution in [0.1, 0.15) is 18.5 Å². The van der Waals surface area contributed by atoms with Crippen molar-refractivity contribution in [3.63, 3.8) is 0 Å². The Morgan fingerprint density at radius 1 is 1.12 bits per heavy atom. The molecule has 2 unspecified atom stereocenters. The van der Waals surface area contributed by atoms with Gasteiger partial charge in [0.05, 0.1) is 6.54 Å². The van der Waals surface area contributed by atoms with E-state index in [0.717, 1.165) is 0 Å². The number of carbonyl (C=O) groups is 5. The number of nitrogens with zero attached hydrogens (tertiary/aromatic N) is 3. The standard InChI is InChI=1S/C18H21N5O8S.Na/c1-2-21-8-9-22(17(27)16(21)26)18(28)20-13(11-6-4-3-5-7-11)14(24)19-12-10-23(15(12)25)32(29,30)31;/h3-7,12-13H,2,8-10H2,1H3,(H,19,24)(H,20,28)(H,29,30,31);/q;+1/p-1. The van der Waals surface area contributed by atoms with E-state index in [-0.39, 0.29) is 47.0 Å². The number of β-lactam (4-membered cyclic amide) rings is 1. The second-order valence-corrected chi connectivity index (χ2v) is 8.32. The molecular weight excluding hydrogens is 469 g/mol. The summed E-state index contributed by atoms with van der Waals surface area (Å²) >= 11 is 0. The molecule has 33 heavy (non-hydrogen) atoms. The number of amides is 6. The van der Waals surface area contributed by atoms with Crippen molar-refractivity contribution in [2.24, 2.45) is 0 Å². The van der Waals surface area contributed by atoms with Crippen LogP contribution >= 0.6 is 0 Å². The predicted molar refractivity (Wildman–Crippen MR) is 105 cm³/mol. The first-order chi connectivity index (χ1) is 15.0. The molecule has 0 aromatic heterocycles. The van der Waals surface area contributed by atoms with Crippen LogP contribution < -0.4 is 40.2 Å². The second kappa shape index (κ2) is 10.6. The van der Waals surface area contributed by atoms with Gasteiger partial charge < -0.3 is 20.1 Å². The third kappa shape index (κ3) is 5.70. The molecule has 0 radical (unpaired) electrons. The summed E-state index contributed by atoms with van der Waals surface area (Å²) in [7, 11) is -4.98. The average molecular weight is 489 g/mol. The van der Waals surface area contributed by atoms with E-state index in [9.17, 15) is 36.9 Å². The first-order valence-corrected chi connectivity index (χ1v) is 10.9. The van der Waals surface area contributed by atoms with Gasteiger partial charge >= 0.3 is 47.4 Å². The van der Waals surface area contributed by atoms with Crippen LogP contribution in [0.4, 0.5) is 4.79 Å². The molecule has 2 saturated heterocycles. The first kappa shape index (κ1) is 26.7. The second-order valence-electron chi connectivity index (χ2n) is 7.02. The van der Waals surface area contributed by atoms with E-state index < -0.39 is 58.6 Å². The van der Waals surface area contributed by atoms with E-state index in [0.29, 0.717) is 17.0 Å². The molecule has 1 aromatic carbocycles. The van der Waals surface area contributed by atoms with E-state index >= 15 is 0 Å². The zero-order chi connectivity index (χ0) is 23.6. The van der Waals surface area contributed by atoms with Crippen LogP contribution in [0.2, 0.25) is 0 Å². The van der Waals surface area contributed by atoms with Crippen LogP contribution in [-0.4, -0.2) is 89.0 Å². The van der Waals surface area contributed by atoms with Crippen molar-refractivity contribution in [1.29, 1.82) is 0 Å². The Morgan fingerprint density at radius 2 is 1.76 bits per heavy atom. The van der Waals surface area contributed by atoms with E-state index in [1.807, 2.05) is 0 Å². The Balaban J connectivity index is 0.00000385. The molecule has 0 spiro atoms. The normalized spacial score (nSPS) is 19.4. The Bertz CT molecular complexity index is 1070. The number of imide groups is 1. The van der Waals surface area contributed by atoms with Crippen molar-refractivity contribution in [1.82, 2.24) is 24.7 Å². The SMILES string of the molecule is CCN1CCN(C(=O)NC(C(=O)NC2CN(S(=O)(=O)[O-])C2=O)c2ccccc2)C(=O)C1=O.[Na+]. The van der Waals surface area contributed by atoms with Crippen molar-refractivity contribution in [3.05, 3.63) is 35.9 Å². The fraction of sp³-hybridized carbons (Fsp3) is 0.389. The maximum atomic E-state index is 12.8. The Hall–Kier alpha value is -2.52. The van der Waals surface area contributed by atoms with Gasteiger partial charge in [-0.25, -0.2) is 17.5 Å². The van der Waals surface area contributed by atoms with Crippen molar-refractivity contribution >= 4 is 40.0 Å². The number of piperazine rings is 1. The summed E-state index contributed by atoms with van der Waals surface area (Å²) in [6, 6.07) is 4.29. The summed E-state index contributed by atoms with van der Waals surface area (Å²) in [6.45, 7) is 1.55. The third-order valence-electron chi connectivity index (χ3n) is 5.08. The molecule has 3 rings (SSSR count). The average Bonchev–Trinajstić information content (AvgIpc) is 2.75. The van der Waals surface area contributed by atoms with Gasteiger partial charge in [0.1, 0.15) is 12.1 Å². The summed E-state index contributed by atoms with van der Waals surface area (Å²) in [6.07, 6.45) is 0. The predicted octanol–water partition coefficient (Wildman–Crippen LogP) is -5.08. The van der Waals surface area contributed by atoms with E-state index in [1.165, 1.54) is 17.0 Å². The van der Waals surface area contributed by atoms with Gasteiger partial charge in [-0.15, -0.1) is 0 Å². The number of benzene rings is 1. The van der Waals surface area contributed by atoms with Crippen molar-refractivity contribution in [2.75, 3.05) is 26.2 Å². The van der Waals surface area contributed by atoms with Crippen molar-refractivity contribution < 1.29 is 66.5 Å². The molecule has 6 amide bonds. The maximum Gasteiger partial charge on any atom is 1.00 e. The Kier molecular flexibility index (Phi) is 8.59. The smallest absolute Gasteiger partial charge is 0.731 e. The topological polar surface area (TPSA) is 176 Å². The Labute approximate surface area is 211 Å². The minimum atomic E-state index is -4.98. The molecule has 2 aliphatic rings. The molecule has 15 heteroatoms. The van der Waals surface area contributed by atoms with Crippen LogP contribution in [0.3, 0.4) is 0 Å². The molecule has 2 N–H and O–H groups in total. The molecular formula is C18H20N5NaO8S. The minimum absolute atomic E-state index is 0. The van der Waals surface area contributed by atoms with Crippen LogP contribution in [0.5, 0.6) is 0 Å². The van der Waals surface area contributed by atoms with Gasteiger partial charge in [0, 0.05) is 19.6 Å². The molecule has 2 fully saturated rings. The van der Waals surface area contributed by atoms with Gasteiger partial charge in [-0.1, -0.05) is 30.3 Å². The molecule has 1 aromatic rings. The van der Waals surface area contributed by atoms with Gasteiger partial charge in [-0.3, -0.25) is 24.1 Å². The van der Waals surface area contributed by atoms with Gasteiger partial charge in [0.2, 0.25) is 5.91 Å². The molecule has 0 bridgehead atoms. The molecule has 172 valence electrons. The van der Waals surface area contributed by atoms with Crippen LogP contribution in [0.15, 0.2) is 30.3 Å². The molecule has 2 aliphatic heterocycles. The molecule has 2 atom stereocenters. The zero-order valence-corrected chi connectivity index (χ0v) is 20.7. The fourth-order valence-corrected chi connectivity index (χ4v) is 3.96. The van der Waals surface area contributed by atoms with Crippen molar-refractivity contribution in [3.8, 4) is 0 Å². The van der Waals surface area contributed by atoms with Crippen molar-refractivity contribution in [2.45, 2.75) is 19.0 Å². The summed E-state index contributed by atoms with van der Waals surface area (Å²) in [5.74, 6) is -3.83. The number of urea groups is 1. The fourth-order valence-electron chi connectivity index (χ4n) is 3.28. The third-order valence-corrected chi connectivity index (χ3v) is 5.95. The quantitative estimate of drug-likeness (QED) is 0.173. The van der Waals surface area contributed by atoms with Crippen LogP contribution in [-0.2, 0) is 29.5 Å². The summed E-state index contributed by atoms with van der Waals surface area (Å²) in [4.78, 5) is 63.7. The number of carbonyl (C=O) groups excluding carboxylic acids is 5. The number of nitrogens with one attached hydrogen (secondary N) is 2. The van der Waals surface area contributed by atoms with E-state index in [2.05, 4.69) is 10.6 Å². The molecule has 13 nitrogen and oxygen atoms in total. The monoisotopic (exact) mass is 489 g/mol. The van der Waals surface area contributed by atoms with Gasteiger partial charge in [-0.05, 0) is 12.5 Å². The number of hydrogen-bond acceptors (Lipinski definition) is 8. The number of hydrogen-bond donors (Lipinski definition) is 2. The summed E-state index contributed by atoms with van der Waals surface area (Å²) in [5.41, 5.74) is 0.310. The number of likely N-dealkylation sites (N-methyl/N-ethyl adjacent to an activating group) is 1. The molecule has 0 aliphatic carbocycles. The minimum Gasteiger partial charge on any atom is -0.731 e. The first-order valence-electron chi connectivity index (χ1n) is 9.58. The summed E-state index contributed by atoms with van der Waals surface area (Å²) in [5, 5.41) is 4.66. The van der Waals surface area contributed by atoms with Gasteiger partial charge in [0.25, 0.3) is 5.91 Å². The van der Waals surface area contributed by atoms with E-state index in [4.69, 9.17) is 0 Å². The van der Waals surface area contributed by atoms with Crippen LogP contribution in [0.25, 0.3) is 0 Å². The zero-order valence-electron chi connectivity index (χ0n) is 17.9. The Morgan fingerprint density at radius 3 is 2.30 bits per heavy atom. The maximum absolute atomic E-state index is 12.8. The summed E-state index contributed by atoms with van der Waals surface area (Å²) < 4.78 is 32.9. The van der Waals surface area contributed by atoms with E-state index in [1.54, 1.807) is 25.1 Å². The number of rotatable bonds is 6. The largest absolute Gasteiger partial charge is 1.00 e. The molecule has 0 saturated carbocycles. The van der Waals surface area contributed by atoms with Gasteiger partial charge in [0.15, 0.2) is 10.3 Å². The van der Waals surface area contributed by atoms with Crippen LogP contribution in [0, 0.1) is 0 Å². The molecule has 2 heterocycles. The van der Waals surface area contributed by atoms with Gasteiger partial charge in [-0.2, -0.15) is 0 Å².